The van der Waals surface area contributed by atoms with E-state index in [1.165, 1.54) is 0 Å². The summed E-state index contributed by atoms with van der Waals surface area (Å²) in [5.74, 6) is 1.80. The lowest BCUT2D eigenvalue weighted by Crippen LogP contribution is -2.43. The quantitative estimate of drug-likeness (QED) is 0.764. The molecule has 5 rings (SSSR count). The van der Waals surface area contributed by atoms with Crippen LogP contribution in [-0.2, 0) is 14.8 Å². The molecule has 3 heterocycles. The summed E-state index contributed by atoms with van der Waals surface area (Å²) in [5.41, 5.74) is 1.60. The van der Waals surface area contributed by atoms with E-state index >= 15 is 0 Å². The van der Waals surface area contributed by atoms with Crippen LogP contribution in [-0.4, -0.2) is 51.4 Å². The van der Waals surface area contributed by atoms with Crippen LogP contribution in [0.1, 0.15) is 36.9 Å². The van der Waals surface area contributed by atoms with Crippen LogP contribution in [0.3, 0.4) is 0 Å². The molecule has 2 aromatic rings. The molecule has 0 saturated carbocycles. The predicted octanol–water partition coefficient (Wildman–Crippen LogP) is 2.50. The minimum absolute atomic E-state index is 0.00780. The highest BCUT2D eigenvalue weighted by Gasteiger charge is 2.34. The second-order valence-electron chi connectivity index (χ2n) is 8.28. The number of carbonyl (C=O) groups excluding carboxylic acids is 1. The number of likely N-dealkylation sites (tertiary alicyclic amines) is 1. The number of hydrogen-bond acceptors (Lipinski definition) is 6. The maximum absolute atomic E-state index is 12.9. The first-order valence-corrected chi connectivity index (χ1v) is 12.3. The first-order valence-electron chi connectivity index (χ1n) is 10.8. The zero-order valence-corrected chi connectivity index (χ0v) is 18.6. The van der Waals surface area contributed by atoms with Gasteiger partial charge in [0.05, 0.1) is 6.04 Å². The van der Waals surface area contributed by atoms with Gasteiger partial charge in [-0.05, 0) is 49.6 Å². The van der Waals surface area contributed by atoms with Crippen molar-refractivity contribution in [3.05, 3.63) is 53.6 Å². The van der Waals surface area contributed by atoms with Gasteiger partial charge in [-0.2, -0.15) is 8.42 Å². The summed E-state index contributed by atoms with van der Waals surface area (Å²) in [6, 6.07) is 12.5. The number of amides is 1. The molecule has 168 valence electrons. The number of hydrogen-bond donors (Lipinski definition) is 1. The Morgan fingerprint density at radius 1 is 1.09 bits per heavy atom. The van der Waals surface area contributed by atoms with Gasteiger partial charge in [-0.15, -0.1) is 4.40 Å². The molecule has 0 bridgehead atoms. The number of benzene rings is 2. The standard InChI is InChI=1S/C23H25N3O5S/c1-15(17-6-7-19-20(14-17)31-13-12-30-19)24-23(27)16-8-10-26(11-9-16)22-18-4-2-3-5-21(18)32(28,29)25-22/h2-7,14-16H,8-13H2,1H3,(H,24,27). The SMILES string of the molecule is CC(NC(=O)C1CCN(C2=NS(=O)(=O)c3ccccc32)CC1)c1ccc2c(c1)OCCO2. The minimum Gasteiger partial charge on any atom is -0.486 e. The number of rotatable bonds is 3. The number of nitrogens with zero attached hydrogens (tertiary/aromatic N) is 2. The van der Waals surface area contributed by atoms with Crippen molar-refractivity contribution in [2.75, 3.05) is 26.3 Å². The van der Waals surface area contributed by atoms with Crippen molar-refractivity contribution in [2.45, 2.75) is 30.7 Å². The third kappa shape index (κ3) is 3.81. The summed E-state index contributed by atoms with van der Waals surface area (Å²) in [4.78, 5) is 15.1. The minimum atomic E-state index is -3.64. The number of nitrogens with one attached hydrogen (secondary N) is 1. The first kappa shape index (κ1) is 20.8. The van der Waals surface area contributed by atoms with E-state index in [-0.39, 0.29) is 22.8 Å². The van der Waals surface area contributed by atoms with Crippen LogP contribution in [0, 0.1) is 5.92 Å². The van der Waals surface area contributed by atoms with E-state index in [0.717, 1.165) is 11.3 Å². The van der Waals surface area contributed by atoms with E-state index in [0.29, 0.717) is 56.3 Å². The fraction of sp³-hybridized carbons (Fsp3) is 0.391. The van der Waals surface area contributed by atoms with Crippen molar-refractivity contribution in [1.82, 2.24) is 10.2 Å². The molecule has 1 atom stereocenters. The Hall–Kier alpha value is -3.07. The fourth-order valence-corrected chi connectivity index (χ4v) is 5.64. The molecule has 1 amide bonds. The Labute approximate surface area is 187 Å². The smallest absolute Gasteiger partial charge is 0.285 e. The third-order valence-corrected chi connectivity index (χ3v) is 7.53. The van der Waals surface area contributed by atoms with E-state index < -0.39 is 10.0 Å². The lowest BCUT2D eigenvalue weighted by Gasteiger charge is -2.33. The van der Waals surface area contributed by atoms with E-state index in [1.54, 1.807) is 18.2 Å². The molecule has 0 radical (unpaired) electrons. The molecule has 1 saturated heterocycles. The molecule has 3 aliphatic heterocycles. The molecular weight excluding hydrogens is 430 g/mol. The Balaban J connectivity index is 1.21. The van der Waals surface area contributed by atoms with Crippen molar-refractivity contribution >= 4 is 21.8 Å². The summed E-state index contributed by atoms with van der Waals surface area (Å²) in [7, 11) is -3.64. The third-order valence-electron chi connectivity index (χ3n) is 6.20. The molecular formula is C23H25N3O5S. The molecule has 3 aliphatic rings. The molecule has 1 N–H and O–H groups in total. The summed E-state index contributed by atoms with van der Waals surface area (Å²) >= 11 is 0. The number of amidine groups is 1. The van der Waals surface area contributed by atoms with Crippen molar-refractivity contribution in [3.63, 3.8) is 0 Å². The molecule has 1 unspecified atom stereocenters. The van der Waals surface area contributed by atoms with Gasteiger partial charge >= 0.3 is 0 Å². The summed E-state index contributed by atoms with van der Waals surface area (Å²) in [5, 5.41) is 3.11. The van der Waals surface area contributed by atoms with Crippen LogP contribution in [0.15, 0.2) is 51.8 Å². The number of piperidine rings is 1. The molecule has 9 heteroatoms. The van der Waals surface area contributed by atoms with Gasteiger partial charge < -0.3 is 19.7 Å². The highest BCUT2D eigenvalue weighted by atomic mass is 32.2. The lowest BCUT2D eigenvalue weighted by atomic mass is 9.94. The Kier molecular flexibility index (Phi) is 5.28. The number of carbonyl (C=O) groups is 1. The zero-order valence-electron chi connectivity index (χ0n) is 17.8. The van der Waals surface area contributed by atoms with Crippen LogP contribution in [0.25, 0.3) is 0 Å². The molecule has 32 heavy (non-hydrogen) atoms. The summed E-state index contributed by atoms with van der Waals surface area (Å²) in [6.45, 7) is 4.18. The van der Waals surface area contributed by atoms with Gasteiger partial charge in [0.25, 0.3) is 10.0 Å². The topological polar surface area (TPSA) is 97.3 Å². The van der Waals surface area contributed by atoms with E-state index in [9.17, 15) is 13.2 Å². The summed E-state index contributed by atoms with van der Waals surface area (Å²) < 4.78 is 39.9. The average Bonchev–Trinajstić information content (AvgIpc) is 3.10. The van der Waals surface area contributed by atoms with Crippen LogP contribution < -0.4 is 14.8 Å². The van der Waals surface area contributed by atoms with Crippen LogP contribution in [0.5, 0.6) is 11.5 Å². The Bertz CT molecular complexity index is 1190. The van der Waals surface area contributed by atoms with E-state index in [1.807, 2.05) is 36.1 Å². The van der Waals surface area contributed by atoms with Crippen LogP contribution in [0.2, 0.25) is 0 Å². The number of fused-ring (bicyclic) bond motifs is 2. The summed E-state index contributed by atoms with van der Waals surface area (Å²) in [6.07, 6.45) is 1.28. The van der Waals surface area contributed by atoms with Gasteiger partial charge in [-0.25, -0.2) is 0 Å². The fourth-order valence-electron chi connectivity index (χ4n) is 4.41. The van der Waals surface area contributed by atoms with Gasteiger partial charge in [0.2, 0.25) is 5.91 Å². The number of ether oxygens (including phenoxy) is 2. The molecule has 1 fully saturated rings. The highest BCUT2D eigenvalue weighted by Crippen LogP contribution is 2.33. The van der Waals surface area contributed by atoms with Gasteiger partial charge in [0.15, 0.2) is 17.3 Å². The van der Waals surface area contributed by atoms with Crippen molar-refractivity contribution in [3.8, 4) is 11.5 Å². The zero-order chi connectivity index (χ0) is 22.3. The Morgan fingerprint density at radius 2 is 1.81 bits per heavy atom. The molecule has 0 aliphatic carbocycles. The Morgan fingerprint density at radius 3 is 2.59 bits per heavy atom. The van der Waals surface area contributed by atoms with Crippen molar-refractivity contribution < 1.29 is 22.7 Å². The van der Waals surface area contributed by atoms with Gasteiger partial charge in [0.1, 0.15) is 18.1 Å². The molecule has 2 aromatic carbocycles. The van der Waals surface area contributed by atoms with Crippen LogP contribution >= 0.6 is 0 Å². The monoisotopic (exact) mass is 455 g/mol. The van der Waals surface area contributed by atoms with Crippen LogP contribution in [0.4, 0.5) is 0 Å². The first-order chi connectivity index (χ1) is 15.4. The largest absolute Gasteiger partial charge is 0.486 e. The van der Waals surface area contributed by atoms with Crippen molar-refractivity contribution in [1.29, 1.82) is 0 Å². The van der Waals surface area contributed by atoms with Gasteiger partial charge in [-0.1, -0.05) is 18.2 Å². The molecule has 0 aromatic heterocycles. The van der Waals surface area contributed by atoms with Crippen molar-refractivity contribution in [2.24, 2.45) is 10.3 Å². The van der Waals surface area contributed by atoms with Gasteiger partial charge in [0, 0.05) is 24.6 Å². The second kappa shape index (κ2) is 8.12. The molecule has 8 nitrogen and oxygen atoms in total. The van der Waals surface area contributed by atoms with Gasteiger partial charge in [-0.3, -0.25) is 4.79 Å². The van der Waals surface area contributed by atoms with E-state index in [4.69, 9.17) is 9.47 Å². The predicted molar refractivity (Wildman–Crippen MR) is 118 cm³/mol. The van der Waals surface area contributed by atoms with E-state index in [2.05, 4.69) is 9.71 Å². The normalized spacial score (nSPS) is 20.3. The maximum atomic E-state index is 12.9. The maximum Gasteiger partial charge on any atom is 0.285 e. The highest BCUT2D eigenvalue weighted by molar-refractivity contribution is 7.90. The average molecular weight is 456 g/mol. The second-order valence-corrected chi connectivity index (χ2v) is 9.85. The lowest BCUT2D eigenvalue weighted by molar-refractivity contribution is -0.126. The number of sulfonamides is 1. The molecule has 0 spiro atoms.